The van der Waals surface area contributed by atoms with Crippen LogP contribution in [-0.2, 0) is 17.6 Å². The van der Waals surface area contributed by atoms with Crippen LogP contribution in [0.5, 0.6) is 0 Å². The summed E-state index contributed by atoms with van der Waals surface area (Å²) in [6, 6.07) is 3.76. The second-order valence-electron chi connectivity index (χ2n) is 5.47. The van der Waals surface area contributed by atoms with E-state index in [2.05, 4.69) is 10.3 Å². The van der Waals surface area contributed by atoms with Gasteiger partial charge in [0.05, 0.1) is 17.7 Å². The van der Waals surface area contributed by atoms with Crippen molar-refractivity contribution in [2.75, 3.05) is 6.61 Å². The maximum atomic E-state index is 12.6. The van der Waals surface area contributed by atoms with Crippen molar-refractivity contribution in [1.29, 1.82) is 0 Å². The predicted octanol–water partition coefficient (Wildman–Crippen LogP) is 1.55. The summed E-state index contributed by atoms with van der Waals surface area (Å²) < 4.78 is 0. The molecule has 1 amide bonds. The lowest BCUT2D eigenvalue weighted by molar-refractivity contribution is -0.140. The molecule has 0 spiro atoms. The van der Waals surface area contributed by atoms with Crippen LogP contribution in [0.15, 0.2) is 18.2 Å². The normalized spacial score (nSPS) is 14.5. The van der Waals surface area contributed by atoms with Crippen LogP contribution in [0.25, 0.3) is 10.9 Å². The molecule has 0 bridgehead atoms. The van der Waals surface area contributed by atoms with Crippen molar-refractivity contribution in [3.8, 4) is 0 Å². The van der Waals surface area contributed by atoms with E-state index in [1.807, 2.05) is 0 Å². The molecule has 1 aromatic carbocycles. The number of nitrogens with one attached hydrogen (secondary N) is 1. The highest BCUT2D eigenvalue weighted by Gasteiger charge is 2.27. The monoisotopic (exact) mass is 334 g/mol. The zero-order valence-corrected chi connectivity index (χ0v) is 12.9. The van der Waals surface area contributed by atoms with Gasteiger partial charge in [0.2, 0.25) is 0 Å². The second-order valence-corrected chi connectivity index (χ2v) is 5.91. The average Bonchev–Trinajstić information content (AvgIpc) is 2.97. The fourth-order valence-corrected chi connectivity index (χ4v) is 3.08. The van der Waals surface area contributed by atoms with Crippen LogP contribution in [-0.4, -0.2) is 39.7 Å². The summed E-state index contributed by atoms with van der Waals surface area (Å²) in [4.78, 5) is 28.3. The van der Waals surface area contributed by atoms with E-state index in [0.29, 0.717) is 27.9 Å². The summed E-state index contributed by atoms with van der Waals surface area (Å²) in [5.41, 5.74) is 2.75. The number of aliphatic carboxylic acids is 1. The number of benzene rings is 1. The number of carboxylic acid groups (broad SMARTS) is 1. The molecule has 0 saturated heterocycles. The van der Waals surface area contributed by atoms with E-state index in [1.54, 1.807) is 18.2 Å². The molecule has 2 aromatic rings. The first-order valence-corrected chi connectivity index (χ1v) is 7.64. The standard InChI is InChI=1S/C16H15ClN2O4/c17-8-4-5-12-10(6-8)14(9-2-1-3-11(9)18-12)15(21)19-13(7-20)16(22)23/h4-6,13,20H,1-3,7H2,(H,19,21)(H,22,23). The zero-order chi connectivity index (χ0) is 16.6. The molecule has 1 heterocycles. The molecule has 1 aliphatic carbocycles. The largest absolute Gasteiger partial charge is 0.480 e. The summed E-state index contributed by atoms with van der Waals surface area (Å²) in [5.74, 6) is -1.81. The fourth-order valence-electron chi connectivity index (χ4n) is 2.91. The number of carboxylic acids is 1. The fraction of sp³-hybridized carbons (Fsp3) is 0.312. The van der Waals surface area contributed by atoms with Gasteiger partial charge in [-0.15, -0.1) is 0 Å². The molecule has 0 aliphatic heterocycles. The number of hydrogen-bond donors (Lipinski definition) is 3. The lowest BCUT2D eigenvalue weighted by atomic mass is 10.00. The first-order chi connectivity index (χ1) is 11.0. The Hall–Kier alpha value is -2.18. The number of fused-ring (bicyclic) bond motifs is 2. The van der Waals surface area contributed by atoms with Crippen molar-refractivity contribution in [3.05, 3.63) is 40.0 Å². The van der Waals surface area contributed by atoms with Crippen LogP contribution in [0.3, 0.4) is 0 Å². The topological polar surface area (TPSA) is 99.5 Å². The molecule has 7 heteroatoms. The van der Waals surface area contributed by atoms with Gasteiger partial charge in [0.15, 0.2) is 6.04 Å². The van der Waals surface area contributed by atoms with Gasteiger partial charge in [-0.05, 0) is 43.0 Å². The molecule has 6 nitrogen and oxygen atoms in total. The lowest BCUT2D eigenvalue weighted by Gasteiger charge is -2.16. The number of aliphatic hydroxyl groups is 1. The smallest absolute Gasteiger partial charge is 0.328 e. The number of nitrogens with zero attached hydrogens (tertiary/aromatic N) is 1. The van der Waals surface area contributed by atoms with Crippen LogP contribution in [0.2, 0.25) is 5.02 Å². The van der Waals surface area contributed by atoms with Gasteiger partial charge in [0.1, 0.15) is 0 Å². The Kier molecular flexibility index (Phi) is 4.19. The Morgan fingerprint density at radius 2 is 2.13 bits per heavy atom. The summed E-state index contributed by atoms with van der Waals surface area (Å²) in [7, 11) is 0. The number of pyridine rings is 1. The maximum Gasteiger partial charge on any atom is 0.328 e. The van der Waals surface area contributed by atoms with Gasteiger partial charge in [-0.2, -0.15) is 0 Å². The van der Waals surface area contributed by atoms with Crippen molar-refractivity contribution >= 4 is 34.4 Å². The zero-order valence-electron chi connectivity index (χ0n) is 12.2. The lowest BCUT2D eigenvalue weighted by Crippen LogP contribution is -2.43. The molecule has 1 aliphatic rings. The Balaban J connectivity index is 2.13. The third kappa shape index (κ3) is 2.87. The van der Waals surface area contributed by atoms with Crippen molar-refractivity contribution in [1.82, 2.24) is 10.3 Å². The summed E-state index contributed by atoms with van der Waals surface area (Å²) >= 11 is 6.04. The Morgan fingerprint density at radius 1 is 1.35 bits per heavy atom. The maximum absolute atomic E-state index is 12.6. The number of carbonyl (C=O) groups excluding carboxylic acids is 1. The molecule has 1 atom stereocenters. The SMILES string of the molecule is O=C(NC(CO)C(=O)O)c1c2c(nc3ccc(Cl)cc13)CCC2. The van der Waals surface area contributed by atoms with Crippen LogP contribution < -0.4 is 5.32 Å². The van der Waals surface area contributed by atoms with Gasteiger partial charge in [0, 0.05) is 16.1 Å². The minimum absolute atomic E-state index is 0.407. The number of amides is 1. The first kappa shape index (κ1) is 15.7. The minimum Gasteiger partial charge on any atom is -0.480 e. The molecule has 120 valence electrons. The highest BCUT2D eigenvalue weighted by atomic mass is 35.5. The summed E-state index contributed by atoms with van der Waals surface area (Å²) in [5, 5.41) is 21.6. The number of halogens is 1. The van der Waals surface area contributed by atoms with E-state index in [1.165, 1.54) is 0 Å². The quantitative estimate of drug-likeness (QED) is 0.788. The van der Waals surface area contributed by atoms with Gasteiger partial charge in [-0.3, -0.25) is 9.78 Å². The van der Waals surface area contributed by atoms with Crippen LogP contribution >= 0.6 is 11.6 Å². The average molecular weight is 335 g/mol. The van der Waals surface area contributed by atoms with Crippen LogP contribution in [0, 0.1) is 0 Å². The van der Waals surface area contributed by atoms with Crippen LogP contribution in [0.1, 0.15) is 28.0 Å². The van der Waals surface area contributed by atoms with E-state index in [0.717, 1.165) is 24.1 Å². The Bertz CT molecular complexity index is 806. The van der Waals surface area contributed by atoms with E-state index < -0.39 is 24.5 Å². The van der Waals surface area contributed by atoms with E-state index >= 15 is 0 Å². The number of aryl methyl sites for hydroxylation is 1. The van der Waals surface area contributed by atoms with E-state index in [9.17, 15) is 9.59 Å². The molecule has 3 N–H and O–H groups in total. The molecule has 0 saturated carbocycles. The molecule has 23 heavy (non-hydrogen) atoms. The number of aromatic nitrogens is 1. The van der Waals surface area contributed by atoms with E-state index in [4.69, 9.17) is 21.8 Å². The number of aliphatic hydroxyl groups excluding tert-OH is 1. The highest BCUT2D eigenvalue weighted by molar-refractivity contribution is 6.31. The minimum atomic E-state index is -1.35. The van der Waals surface area contributed by atoms with Crippen molar-refractivity contribution in [2.24, 2.45) is 0 Å². The Labute approximate surface area is 137 Å². The molecule has 0 fully saturated rings. The molecule has 0 radical (unpaired) electrons. The van der Waals surface area contributed by atoms with Crippen molar-refractivity contribution in [2.45, 2.75) is 25.3 Å². The summed E-state index contributed by atoms with van der Waals surface area (Å²) in [6.45, 7) is -0.674. The van der Waals surface area contributed by atoms with Crippen LogP contribution in [0.4, 0.5) is 0 Å². The van der Waals surface area contributed by atoms with Gasteiger partial charge < -0.3 is 15.5 Å². The molecule has 1 aromatic heterocycles. The number of hydrogen-bond acceptors (Lipinski definition) is 4. The van der Waals surface area contributed by atoms with Gasteiger partial charge in [-0.1, -0.05) is 11.6 Å². The molecular weight excluding hydrogens is 320 g/mol. The Morgan fingerprint density at radius 3 is 2.83 bits per heavy atom. The third-order valence-electron chi connectivity index (χ3n) is 3.99. The molecular formula is C16H15ClN2O4. The van der Waals surface area contributed by atoms with E-state index in [-0.39, 0.29) is 0 Å². The number of rotatable bonds is 4. The number of carbonyl (C=O) groups is 2. The molecule has 1 unspecified atom stereocenters. The third-order valence-corrected chi connectivity index (χ3v) is 4.22. The van der Waals surface area contributed by atoms with Crippen molar-refractivity contribution < 1.29 is 19.8 Å². The van der Waals surface area contributed by atoms with Crippen molar-refractivity contribution in [3.63, 3.8) is 0 Å². The first-order valence-electron chi connectivity index (χ1n) is 7.27. The van der Waals surface area contributed by atoms with Gasteiger partial charge in [0.25, 0.3) is 5.91 Å². The molecule has 3 rings (SSSR count). The summed E-state index contributed by atoms with van der Waals surface area (Å²) in [6.07, 6.45) is 2.40. The highest BCUT2D eigenvalue weighted by Crippen LogP contribution is 2.31. The second kappa shape index (κ2) is 6.14. The van der Waals surface area contributed by atoms with Gasteiger partial charge >= 0.3 is 5.97 Å². The van der Waals surface area contributed by atoms with Gasteiger partial charge in [-0.25, -0.2) is 4.79 Å². The predicted molar refractivity (Wildman–Crippen MR) is 84.8 cm³/mol.